The van der Waals surface area contributed by atoms with Gasteiger partial charge in [0.05, 0.1) is 6.20 Å². The first-order valence-corrected chi connectivity index (χ1v) is 3.85. The van der Waals surface area contributed by atoms with E-state index in [1.807, 2.05) is 0 Å². The zero-order valence-corrected chi connectivity index (χ0v) is 6.81. The molecule has 0 atom stereocenters. The van der Waals surface area contributed by atoms with E-state index in [4.69, 9.17) is 4.74 Å². The first kappa shape index (κ1) is 7.73. The molecule has 1 aliphatic rings. The molecule has 0 unspecified atom stereocenters. The number of aliphatic imine (C=N–C) groups is 1. The number of fused-ring (bicyclic) bond motifs is 1. The summed E-state index contributed by atoms with van der Waals surface area (Å²) in [5, 5.41) is 0. The molecule has 3 nitrogen and oxygen atoms in total. The molecule has 1 aliphatic heterocycles. The van der Waals surface area contributed by atoms with Crippen LogP contribution < -0.4 is 4.74 Å². The van der Waals surface area contributed by atoms with Crippen LogP contribution >= 0.6 is 0 Å². The second-order valence-corrected chi connectivity index (χ2v) is 2.56. The van der Waals surface area contributed by atoms with Crippen LogP contribution in [-0.4, -0.2) is 12.5 Å². The van der Waals surface area contributed by atoms with E-state index in [1.54, 1.807) is 24.4 Å². The molecule has 0 N–H and O–H groups in total. The first-order chi connectivity index (χ1) is 6.42. The number of nitrogens with zero attached hydrogens (tertiary/aromatic N) is 1. The average molecular weight is 173 g/mol. The molecule has 0 aromatic heterocycles. The lowest BCUT2D eigenvalue weighted by Gasteiger charge is -2.03. The Morgan fingerprint density at radius 1 is 1.38 bits per heavy atom. The lowest BCUT2D eigenvalue weighted by molar-refractivity contribution is 0.112. The summed E-state index contributed by atoms with van der Waals surface area (Å²) in [6.07, 6.45) is 5.42. The van der Waals surface area contributed by atoms with E-state index >= 15 is 0 Å². The van der Waals surface area contributed by atoms with Crippen LogP contribution in [0.5, 0.6) is 5.75 Å². The summed E-state index contributed by atoms with van der Waals surface area (Å²) in [4.78, 5) is 14.6. The topological polar surface area (TPSA) is 38.7 Å². The fraction of sp³-hybridized carbons (Fsp3) is 0. The van der Waals surface area contributed by atoms with Crippen LogP contribution in [-0.2, 0) is 0 Å². The molecule has 0 radical (unpaired) electrons. The number of rotatable bonds is 1. The molecule has 1 aromatic rings. The molecule has 0 aliphatic carbocycles. The van der Waals surface area contributed by atoms with Crippen LogP contribution in [0, 0.1) is 0 Å². The highest BCUT2D eigenvalue weighted by molar-refractivity contribution is 5.95. The van der Waals surface area contributed by atoms with Gasteiger partial charge in [-0.05, 0) is 6.07 Å². The molecule has 0 amide bonds. The highest BCUT2D eigenvalue weighted by Crippen LogP contribution is 2.21. The van der Waals surface area contributed by atoms with Gasteiger partial charge in [-0.25, -0.2) is 0 Å². The highest BCUT2D eigenvalue weighted by Gasteiger charge is 2.06. The minimum Gasteiger partial charge on any atom is -0.463 e. The predicted octanol–water partition coefficient (Wildman–Crippen LogP) is 1.78. The van der Waals surface area contributed by atoms with Crippen molar-refractivity contribution in [2.75, 3.05) is 0 Å². The quantitative estimate of drug-likeness (QED) is 0.607. The third-order valence-corrected chi connectivity index (χ3v) is 1.77. The van der Waals surface area contributed by atoms with Gasteiger partial charge in [-0.3, -0.25) is 9.79 Å². The van der Waals surface area contributed by atoms with Gasteiger partial charge in [-0.2, -0.15) is 0 Å². The van der Waals surface area contributed by atoms with Gasteiger partial charge < -0.3 is 4.74 Å². The molecule has 0 bridgehead atoms. The Hall–Kier alpha value is -1.90. The summed E-state index contributed by atoms with van der Waals surface area (Å²) >= 11 is 0. The van der Waals surface area contributed by atoms with Crippen molar-refractivity contribution in [2.45, 2.75) is 0 Å². The Morgan fingerprint density at radius 2 is 2.31 bits per heavy atom. The minimum absolute atomic E-state index is 0.588. The van der Waals surface area contributed by atoms with Gasteiger partial charge in [0.15, 0.2) is 6.29 Å². The maximum atomic E-state index is 10.7. The summed E-state index contributed by atoms with van der Waals surface area (Å²) in [6.45, 7) is 0. The van der Waals surface area contributed by atoms with E-state index in [1.165, 1.54) is 12.5 Å². The molecular weight excluding hydrogens is 166 g/mol. The van der Waals surface area contributed by atoms with Gasteiger partial charge in [0.1, 0.15) is 12.0 Å². The van der Waals surface area contributed by atoms with Crippen molar-refractivity contribution in [1.82, 2.24) is 0 Å². The molecule has 0 spiro atoms. The fourth-order valence-electron chi connectivity index (χ4n) is 1.16. The molecule has 0 saturated heterocycles. The van der Waals surface area contributed by atoms with E-state index in [-0.39, 0.29) is 0 Å². The van der Waals surface area contributed by atoms with Gasteiger partial charge >= 0.3 is 0 Å². The normalized spacial score (nSPS) is 12.9. The summed E-state index contributed by atoms with van der Waals surface area (Å²) in [7, 11) is 0. The molecule has 64 valence electrons. The second kappa shape index (κ2) is 3.23. The van der Waals surface area contributed by atoms with E-state index in [0.717, 1.165) is 11.8 Å². The van der Waals surface area contributed by atoms with Gasteiger partial charge in [0.2, 0.25) is 0 Å². The fourth-order valence-corrected chi connectivity index (χ4v) is 1.16. The average Bonchev–Trinajstić information content (AvgIpc) is 2.41. The number of carbonyl (C=O) groups is 1. The Bertz CT molecular complexity index is 394. The first-order valence-electron chi connectivity index (χ1n) is 3.85. The van der Waals surface area contributed by atoms with Crippen LogP contribution in [0.25, 0.3) is 0 Å². The molecule has 2 rings (SSSR count). The number of hydrogen-bond donors (Lipinski definition) is 0. The Labute approximate surface area is 75.4 Å². The zero-order valence-electron chi connectivity index (χ0n) is 6.81. The van der Waals surface area contributed by atoms with Crippen molar-refractivity contribution < 1.29 is 9.53 Å². The number of hydrogen-bond acceptors (Lipinski definition) is 3. The monoisotopic (exact) mass is 173 g/mol. The number of ether oxygens (including phenoxy) is 1. The van der Waals surface area contributed by atoms with Gasteiger partial charge in [0.25, 0.3) is 0 Å². The molecule has 1 aromatic carbocycles. The summed E-state index contributed by atoms with van der Waals surface area (Å²) in [5.74, 6) is 0.655. The molecule has 0 saturated carbocycles. The van der Waals surface area contributed by atoms with Crippen molar-refractivity contribution in [3.05, 3.63) is 41.8 Å². The van der Waals surface area contributed by atoms with Gasteiger partial charge in [-0.1, -0.05) is 12.1 Å². The maximum absolute atomic E-state index is 10.7. The van der Waals surface area contributed by atoms with Gasteiger partial charge in [0, 0.05) is 17.3 Å². The summed E-state index contributed by atoms with van der Waals surface area (Å²) < 4.78 is 5.23. The molecular formula is C10H7NO2. The number of benzene rings is 1. The minimum atomic E-state index is 0.588. The van der Waals surface area contributed by atoms with Crippen LogP contribution in [0.1, 0.15) is 15.9 Å². The number of carbonyl (C=O) groups excluding carboxylic acids is 1. The highest BCUT2D eigenvalue weighted by atomic mass is 16.5. The smallest absolute Gasteiger partial charge is 0.150 e. The van der Waals surface area contributed by atoms with Gasteiger partial charge in [-0.15, -0.1) is 0 Å². The standard InChI is InChI=1S/C10H7NO2/c12-7-8-2-1-3-10-9(8)6-11-4-5-13-10/h1-7H. The largest absolute Gasteiger partial charge is 0.463 e. The molecule has 0 fully saturated rings. The molecule has 1 heterocycles. The van der Waals surface area contributed by atoms with Crippen LogP contribution in [0.15, 0.2) is 35.7 Å². The van der Waals surface area contributed by atoms with Crippen molar-refractivity contribution in [1.29, 1.82) is 0 Å². The van der Waals surface area contributed by atoms with Crippen LogP contribution in [0.3, 0.4) is 0 Å². The summed E-state index contributed by atoms with van der Waals surface area (Å²) in [6, 6.07) is 5.30. The third-order valence-electron chi connectivity index (χ3n) is 1.77. The van der Waals surface area contributed by atoms with Crippen LogP contribution in [0.4, 0.5) is 0 Å². The number of aldehydes is 1. The van der Waals surface area contributed by atoms with E-state index in [0.29, 0.717) is 11.3 Å². The second-order valence-electron chi connectivity index (χ2n) is 2.56. The lowest BCUT2D eigenvalue weighted by Crippen LogP contribution is -1.93. The van der Waals surface area contributed by atoms with Crippen molar-refractivity contribution in [2.24, 2.45) is 4.99 Å². The van der Waals surface area contributed by atoms with Crippen LogP contribution in [0.2, 0.25) is 0 Å². The zero-order chi connectivity index (χ0) is 9.10. The van der Waals surface area contributed by atoms with E-state index < -0.39 is 0 Å². The molecule has 3 heteroatoms. The third kappa shape index (κ3) is 1.36. The van der Waals surface area contributed by atoms with Crippen molar-refractivity contribution in [3.8, 4) is 5.75 Å². The van der Waals surface area contributed by atoms with Crippen molar-refractivity contribution >= 4 is 12.5 Å². The Balaban J connectivity index is 2.61. The van der Waals surface area contributed by atoms with E-state index in [2.05, 4.69) is 4.99 Å². The molecule has 13 heavy (non-hydrogen) atoms. The Morgan fingerprint density at radius 3 is 3.15 bits per heavy atom. The maximum Gasteiger partial charge on any atom is 0.150 e. The predicted molar refractivity (Wildman–Crippen MR) is 49.2 cm³/mol. The van der Waals surface area contributed by atoms with E-state index in [9.17, 15) is 4.79 Å². The van der Waals surface area contributed by atoms with Crippen molar-refractivity contribution in [3.63, 3.8) is 0 Å². The Kier molecular flexibility index (Phi) is 1.92. The SMILES string of the molecule is O=Cc1cccc2c1C=NC=CO2. The summed E-state index contributed by atoms with van der Waals surface area (Å²) in [5.41, 5.74) is 1.31. The lowest BCUT2D eigenvalue weighted by atomic mass is 10.1.